The van der Waals surface area contributed by atoms with Crippen LogP contribution in [0.1, 0.15) is 98.3 Å². The van der Waals surface area contributed by atoms with Crippen LogP contribution in [0, 0.1) is 5.92 Å². The molecule has 0 heterocycles. The smallest absolute Gasteiger partial charge is 0.305 e. The van der Waals surface area contributed by atoms with Crippen LogP contribution >= 0.6 is 0 Å². The first-order valence-electron chi connectivity index (χ1n) is 10.4. The molecule has 0 aliphatic rings. The highest BCUT2D eigenvalue weighted by Gasteiger charge is 2.07. The second kappa shape index (κ2) is 17.1. The summed E-state index contributed by atoms with van der Waals surface area (Å²) >= 11 is 0. The maximum absolute atomic E-state index is 11.7. The van der Waals surface area contributed by atoms with E-state index in [-0.39, 0.29) is 11.9 Å². The summed E-state index contributed by atoms with van der Waals surface area (Å²) in [5, 5.41) is 0. The number of esters is 2. The third-order valence-electron chi connectivity index (χ3n) is 4.36. The van der Waals surface area contributed by atoms with Crippen molar-refractivity contribution in [2.75, 3.05) is 13.2 Å². The Labute approximate surface area is 160 Å². The Bertz CT molecular complexity index is 397. The fraction of sp³-hybridized carbons (Fsp3) is 0.818. The van der Waals surface area contributed by atoms with Gasteiger partial charge in [-0.3, -0.25) is 9.59 Å². The summed E-state index contributed by atoms with van der Waals surface area (Å²) in [6.45, 7) is 9.59. The summed E-state index contributed by atoms with van der Waals surface area (Å²) < 4.78 is 10.5. The average Bonchev–Trinajstić information content (AvgIpc) is 2.58. The summed E-state index contributed by atoms with van der Waals surface area (Å²) in [6.07, 6.45) is 11.9. The van der Waals surface area contributed by atoms with Gasteiger partial charge in [-0.2, -0.15) is 0 Å². The Morgan fingerprint density at radius 3 is 2.04 bits per heavy atom. The summed E-state index contributed by atoms with van der Waals surface area (Å²) in [5.41, 5.74) is 1.35. The SMILES string of the molecule is CCCCCCOC(=O)CCCCC(=O)OCCC(C)CCC=C(C)C. The largest absolute Gasteiger partial charge is 0.466 e. The number of ether oxygens (including phenoxy) is 2. The number of allylic oxidation sites excluding steroid dienone is 2. The molecule has 0 amide bonds. The molecule has 0 saturated heterocycles. The van der Waals surface area contributed by atoms with Crippen molar-refractivity contribution in [3.63, 3.8) is 0 Å². The minimum atomic E-state index is -0.158. The van der Waals surface area contributed by atoms with E-state index < -0.39 is 0 Å². The van der Waals surface area contributed by atoms with Crippen molar-refractivity contribution in [3.05, 3.63) is 11.6 Å². The molecule has 0 aromatic carbocycles. The standard InChI is InChI=1S/C22H40O4/c1-5-6-7-10-17-25-21(23)14-8-9-15-22(24)26-18-16-20(4)13-11-12-19(2)3/h12,20H,5-11,13-18H2,1-4H3. The molecule has 0 bridgehead atoms. The Morgan fingerprint density at radius 2 is 1.46 bits per heavy atom. The van der Waals surface area contributed by atoms with Crippen LogP contribution in [-0.4, -0.2) is 25.2 Å². The van der Waals surface area contributed by atoms with Gasteiger partial charge in [-0.25, -0.2) is 0 Å². The van der Waals surface area contributed by atoms with Crippen molar-refractivity contribution >= 4 is 11.9 Å². The highest BCUT2D eigenvalue weighted by molar-refractivity contribution is 5.70. The van der Waals surface area contributed by atoms with Gasteiger partial charge >= 0.3 is 11.9 Å². The van der Waals surface area contributed by atoms with Gasteiger partial charge in [0, 0.05) is 12.8 Å². The number of unbranched alkanes of at least 4 members (excludes halogenated alkanes) is 4. The third kappa shape index (κ3) is 17.5. The van der Waals surface area contributed by atoms with Gasteiger partial charge in [0.25, 0.3) is 0 Å². The van der Waals surface area contributed by atoms with Crippen molar-refractivity contribution in [2.24, 2.45) is 5.92 Å². The van der Waals surface area contributed by atoms with Crippen molar-refractivity contribution < 1.29 is 19.1 Å². The second-order valence-electron chi connectivity index (χ2n) is 7.46. The van der Waals surface area contributed by atoms with Gasteiger partial charge in [-0.15, -0.1) is 0 Å². The van der Waals surface area contributed by atoms with Crippen molar-refractivity contribution in [1.82, 2.24) is 0 Å². The van der Waals surface area contributed by atoms with Crippen LogP contribution in [0.15, 0.2) is 11.6 Å². The Balaban J connectivity index is 3.51. The minimum absolute atomic E-state index is 0.153. The van der Waals surface area contributed by atoms with E-state index in [2.05, 4.69) is 33.8 Å². The first-order chi connectivity index (χ1) is 12.5. The molecule has 0 fully saturated rings. The number of hydrogen-bond donors (Lipinski definition) is 0. The average molecular weight is 369 g/mol. The van der Waals surface area contributed by atoms with E-state index in [9.17, 15) is 9.59 Å². The van der Waals surface area contributed by atoms with Crippen LogP contribution in [0.4, 0.5) is 0 Å². The molecule has 4 heteroatoms. The maximum Gasteiger partial charge on any atom is 0.305 e. The molecule has 0 aromatic heterocycles. The molecule has 4 nitrogen and oxygen atoms in total. The third-order valence-corrected chi connectivity index (χ3v) is 4.36. The Kier molecular flexibility index (Phi) is 16.2. The Hall–Kier alpha value is -1.32. The van der Waals surface area contributed by atoms with E-state index in [1.54, 1.807) is 0 Å². The van der Waals surface area contributed by atoms with E-state index in [1.807, 2.05) is 0 Å². The number of carbonyl (C=O) groups is 2. The van der Waals surface area contributed by atoms with Crippen LogP contribution in [0.3, 0.4) is 0 Å². The van der Waals surface area contributed by atoms with Gasteiger partial charge in [0.2, 0.25) is 0 Å². The predicted molar refractivity (Wildman–Crippen MR) is 107 cm³/mol. The lowest BCUT2D eigenvalue weighted by molar-refractivity contribution is -0.146. The van der Waals surface area contributed by atoms with Crippen molar-refractivity contribution in [1.29, 1.82) is 0 Å². The van der Waals surface area contributed by atoms with Crippen LogP contribution in [0.5, 0.6) is 0 Å². The first kappa shape index (κ1) is 24.7. The molecule has 1 unspecified atom stereocenters. The lowest BCUT2D eigenvalue weighted by Crippen LogP contribution is -2.09. The lowest BCUT2D eigenvalue weighted by atomic mass is 10.0. The van der Waals surface area contributed by atoms with Crippen LogP contribution in [0.25, 0.3) is 0 Å². The van der Waals surface area contributed by atoms with Crippen LogP contribution < -0.4 is 0 Å². The number of carbonyl (C=O) groups excluding carboxylic acids is 2. The van der Waals surface area contributed by atoms with Crippen LogP contribution in [-0.2, 0) is 19.1 Å². The quantitative estimate of drug-likeness (QED) is 0.191. The number of rotatable bonds is 16. The summed E-state index contributed by atoms with van der Waals surface area (Å²) in [6, 6.07) is 0. The highest BCUT2D eigenvalue weighted by Crippen LogP contribution is 2.12. The molecule has 0 aliphatic heterocycles. The monoisotopic (exact) mass is 368 g/mol. The zero-order chi connectivity index (χ0) is 19.6. The number of hydrogen-bond acceptors (Lipinski definition) is 4. The Morgan fingerprint density at radius 1 is 0.846 bits per heavy atom. The maximum atomic E-state index is 11.7. The zero-order valence-electron chi connectivity index (χ0n) is 17.5. The van der Waals surface area contributed by atoms with Crippen LogP contribution in [0.2, 0.25) is 0 Å². The minimum Gasteiger partial charge on any atom is -0.466 e. The summed E-state index contributed by atoms with van der Waals surface area (Å²) in [5.74, 6) is 0.250. The topological polar surface area (TPSA) is 52.6 Å². The molecule has 0 spiro atoms. The first-order valence-corrected chi connectivity index (χ1v) is 10.4. The van der Waals surface area contributed by atoms with Gasteiger partial charge in [-0.05, 0) is 58.3 Å². The molecule has 0 rings (SSSR count). The predicted octanol–water partition coefficient (Wildman–Crippen LogP) is 5.99. The molecule has 0 radical (unpaired) electrons. The van der Waals surface area contributed by atoms with Crippen molar-refractivity contribution in [3.8, 4) is 0 Å². The highest BCUT2D eigenvalue weighted by atomic mass is 16.5. The lowest BCUT2D eigenvalue weighted by Gasteiger charge is -2.10. The molecule has 1 atom stereocenters. The van der Waals surface area contributed by atoms with E-state index in [1.165, 1.54) is 18.4 Å². The fourth-order valence-electron chi connectivity index (χ4n) is 2.57. The molecule has 152 valence electrons. The van der Waals surface area contributed by atoms with Crippen molar-refractivity contribution in [2.45, 2.75) is 98.3 Å². The molecule has 0 aliphatic carbocycles. The van der Waals surface area contributed by atoms with Gasteiger partial charge in [0.15, 0.2) is 0 Å². The zero-order valence-corrected chi connectivity index (χ0v) is 17.5. The van der Waals surface area contributed by atoms with E-state index in [0.29, 0.717) is 44.8 Å². The van der Waals surface area contributed by atoms with E-state index >= 15 is 0 Å². The normalized spacial score (nSPS) is 11.7. The van der Waals surface area contributed by atoms with Gasteiger partial charge in [-0.1, -0.05) is 44.8 Å². The molecule has 0 saturated carbocycles. The van der Waals surface area contributed by atoms with E-state index in [0.717, 1.165) is 32.1 Å². The molecular weight excluding hydrogens is 328 g/mol. The van der Waals surface area contributed by atoms with Gasteiger partial charge in [0.05, 0.1) is 13.2 Å². The van der Waals surface area contributed by atoms with Gasteiger partial charge < -0.3 is 9.47 Å². The molecule has 0 N–H and O–H groups in total. The fourth-order valence-corrected chi connectivity index (χ4v) is 2.57. The second-order valence-corrected chi connectivity index (χ2v) is 7.46. The summed E-state index contributed by atoms with van der Waals surface area (Å²) in [7, 11) is 0. The van der Waals surface area contributed by atoms with Gasteiger partial charge in [0.1, 0.15) is 0 Å². The summed E-state index contributed by atoms with van der Waals surface area (Å²) in [4.78, 5) is 23.3. The van der Waals surface area contributed by atoms with E-state index in [4.69, 9.17) is 9.47 Å². The molecule has 26 heavy (non-hydrogen) atoms. The molecular formula is C22H40O4. The molecule has 0 aromatic rings.